The van der Waals surface area contributed by atoms with Crippen LogP contribution >= 0.6 is 0 Å². The van der Waals surface area contributed by atoms with E-state index in [0.717, 1.165) is 6.61 Å². The fraction of sp³-hybridized carbons (Fsp3) is 0.923. The molecule has 0 atom stereocenters. The van der Waals surface area contributed by atoms with E-state index in [0.29, 0.717) is 16.6 Å². The van der Waals surface area contributed by atoms with Crippen LogP contribution in [0.4, 0.5) is 0 Å². The maximum absolute atomic E-state index is 6.76. The minimum atomic E-state index is -2.08. The minimum absolute atomic E-state index is 0.694. The fourth-order valence-electron chi connectivity index (χ4n) is 5.49. The Morgan fingerprint density at radius 1 is 0.690 bits per heavy atom. The second kappa shape index (κ2) is 16.4. The molecule has 0 aromatic heterocycles. The number of hydrogen-bond acceptors (Lipinski definition) is 1. The molecule has 0 radical (unpaired) electrons. The van der Waals surface area contributed by atoms with Crippen LogP contribution in [0.1, 0.15) is 114 Å². The Bertz CT molecular complexity index is 373. The molecule has 0 unspecified atom stereocenters. The molecule has 174 valence electrons. The van der Waals surface area contributed by atoms with Gasteiger partial charge in [0.2, 0.25) is 0 Å². The van der Waals surface area contributed by atoms with Gasteiger partial charge in [-0.3, -0.25) is 0 Å². The molecular formula is C26H56OSiSn. The predicted octanol–water partition coefficient (Wildman–Crippen LogP) is 9.90. The summed E-state index contributed by atoms with van der Waals surface area (Å²) in [6.45, 7) is 22.4. The first kappa shape index (κ1) is 29.7. The number of hydrogen-bond donors (Lipinski definition) is 0. The van der Waals surface area contributed by atoms with E-state index < -0.39 is 26.7 Å². The molecule has 0 saturated carbocycles. The van der Waals surface area contributed by atoms with Gasteiger partial charge in [-0.05, 0) is 0 Å². The SMILES string of the molecule is CCC[CH2][Sn](/[CH]=C/CCCO[Si](C(C)C)(C(C)C)C(C)C)([CH2]CCC)[CH2]CCC. The molecule has 29 heavy (non-hydrogen) atoms. The van der Waals surface area contributed by atoms with E-state index in [9.17, 15) is 0 Å². The van der Waals surface area contributed by atoms with E-state index in [1.807, 2.05) is 0 Å². The van der Waals surface area contributed by atoms with Crippen LogP contribution in [-0.2, 0) is 4.43 Å². The summed E-state index contributed by atoms with van der Waals surface area (Å²) in [5.41, 5.74) is 2.08. The number of allylic oxidation sites excluding steroid dienone is 1. The van der Waals surface area contributed by atoms with Gasteiger partial charge in [-0.1, -0.05) is 0 Å². The van der Waals surface area contributed by atoms with Crippen molar-refractivity contribution in [3.63, 3.8) is 0 Å². The van der Waals surface area contributed by atoms with E-state index in [4.69, 9.17) is 4.43 Å². The molecule has 0 heterocycles. The third-order valence-corrected chi connectivity index (χ3v) is 27.5. The zero-order valence-corrected chi connectivity index (χ0v) is 25.6. The van der Waals surface area contributed by atoms with Crippen LogP contribution in [-0.4, -0.2) is 33.3 Å². The zero-order valence-electron chi connectivity index (χ0n) is 21.8. The van der Waals surface area contributed by atoms with E-state index in [-0.39, 0.29) is 0 Å². The molecule has 0 bridgehead atoms. The van der Waals surface area contributed by atoms with Crippen LogP contribution in [0.15, 0.2) is 10.2 Å². The molecule has 0 rings (SSSR count). The van der Waals surface area contributed by atoms with Crippen LogP contribution < -0.4 is 0 Å². The first-order chi connectivity index (χ1) is 13.7. The first-order valence-electron chi connectivity index (χ1n) is 13.0. The van der Waals surface area contributed by atoms with Gasteiger partial charge in [0, 0.05) is 0 Å². The zero-order chi connectivity index (χ0) is 22.3. The summed E-state index contributed by atoms with van der Waals surface area (Å²) in [6.07, 6.45) is 13.5. The Morgan fingerprint density at radius 2 is 1.10 bits per heavy atom. The molecule has 0 aliphatic heterocycles. The van der Waals surface area contributed by atoms with E-state index in [1.165, 1.54) is 51.4 Å². The molecule has 0 N–H and O–H groups in total. The van der Waals surface area contributed by atoms with Gasteiger partial charge in [-0.15, -0.1) is 0 Å². The molecule has 1 nitrogen and oxygen atoms in total. The van der Waals surface area contributed by atoms with Gasteiger partial charge in [-0.25, -0.2) is 0 Å². The number of rotatable bonds is 18. The van der Waals surface area contributed by atoms with Crippen LogP contribution in [0.25, 0.3) is 0 Å². The van der Waals surface area contributed by atoms with Crippen LogP contribution in [0.3, 0.4) is 0 Å². The Hall–Kier alpha value is 0.716. The summed E-state index contributed by atoms with van der Waals surface area (Å²) < 4.78 is 14.4. The van der Waals surface area contributed by atoms with Crippen molar-refractivity contribution in [1.29, 1.82) is 0 Å². The molecule has 0 amide bonds. The van der Waals surface area contributed by atoms with E-state index in [1.54, 1.807) is 13.3 Å². The van der Waals surface area contributed by atoms with Crippen molar-refractivity contribution in [2.75, 3.05) is 6.61 Å². The summed E-state index contributed by atoms with van der Waals surface area (Å²) in [5, 5.41) is 0. The monoisotopic (exact) mass is 532 g/mol. The van der Waals surface area contributed by atoms with Crippen molar-refractivity contribution < 1.29 is 4.43 Å². The topological polar surface area (TPSA) is 9.23 Å². The Kier molecular flexibility index (Phi) is 16.8. The quantitative estimate of drug-likeness (QED) is 0.126. The van der Waals surface area contributed by atoms with Crippen molar-refractivity contribution in [2.24, 2.45) is 0 Å². The van der Waals surface area contributed by atoms with Crippen LogP contribution in [0, 0.1) is 0 Å². The number of unbranched alkanes of at least 4 members (excludes halogenated alkanes) is 4. The molecule has 0 fully saturated rings. The maximum atomic E-state index is 6.76. The molecule has 0 saturated heterocycles. The van der Waals surface area contributed by atoms with E-state index >= 15 is 0 Å². The molecule has 0 spiro atoms. The van der Waals surface area contributed by atoms with Gasteiger partial charge in [0.05, 0.1) is 0 Å². The van der Waals surface area contributed by atoms with Gasteiger partial charge < -0.3 is 0 Å². The molecule has 3 heteroatoms. The Labute approximate surface area is 190 Å². The summed E-state index contributed by atoms with van der Waals surface area (Å²) in [7, 11) is -1.69. The molecule has 0 aromatic carbocycles. The summed E-state index contributed by atoms with van der Waals surface area (Å²) in [5.74, 6) is 0. The standard InChI is InChI=1S/C14H29OSi.3C4H9.Sn/c1-8-9-10-11-15-16(12(2)3,13(4)5)14(6)7;3*1-3-4-2;/h1,8,12-14H,9-11H2,2-7H3;3*1,3-4H2,2H3;. The fourth-order valence-corrected chi connectivity index (χ4v) is 25.5. The van der Waals surface area contributed by atoms with Crippen molar-refractivity contribution in [3.05, 3.63) is 10.2 Å². The molecule has 0 aliphatic rings. The van der Waals surface area contributed by atoms with Gasteiger partial charge in [0.1, 0.15) is 0 Å². The van der Waals surface area contributed by atoms with Crippen molar-refractivity contribution in [2.45, 2.75) is 144 Å². The second-order valence-corrected chi connectivity index (χ2v) is 28.9. The van der Waals surface area contributed by atoms with Gasteiger partial charge >= 0.3 is 192 Å². The average molecular weight is 532 g/mol. The van der Waals surface area contributed by atoms with Crippen molar-refractivity contribution >= 4 is 26.7 Å². The predicted molar refractivity (Wildman–Crippen MR) is 140 cm³/mol. The van der Waals surface area contributed by atoms with E-state index in [2.05, 4.69) is 72.5 Å². The van der Waals surface area contributed by atoms with Gasteiger partial charge in [-0.2, -0.15) is 0 Å². The third kappa shape index (κ3) is 10.3. The normalized spacial score (nSPS) is 13.5. The first-order valence-corrected chi connectivity index (χ1v) is 22.9. The summed E-state index contributed by atoms with van der Waals surface area (Å²) in [4.78, 5) is 0. The Balaban J connectivity index is 4.90. The second-order valence-electron chi connectivity index (χ2n) is 10.4. The van der Waals surface area contributed by atoms with Crippen LogP contribution in [0.5, 0.6) is 0 Å². The third-order valence-electron chi connectivity index (χ3n) is 7.13. The van der Waals surface area contributed by atoms with Gasteiger partial charge in [0.25, 0.3) is 0 Å². The molecule has 0 aliphatic carbocycles. The van der Waals surface area contributed by atoms with Crippen molar-refractivity contribution in [1.82, 2.24) is 0 Å². The van der Waals surface area contributed by atoms with Crippen molar-refractivity contribution in [3.8, 4) is 0 Å². The van der Waals surface area contributed by atoms with Crippen LogP contribution in [0.2, 0.25) is 29.9 Å². The molecular weight excluding hydrogens is 475 g/mol. The Morgan fingerprint density at radius 3 is 1.45 bits per heavy atom. The summed E-state index contributed by atoms with van der Waals surface area (Å²) >= 11 is -2.08. The molecule has 0 aromatic rings. The van der Waals surface area contributed by atoms with Gasteiger partial charge in [0.15, 0.2) is 0 Å². The average Bonchev–Trinajstić information content (AvgIpc) is 2.67. The summed E-state index contributed by atoms with van der Waals surface area (Å²) in [6, 6.07) is 0.